The molecular formula is C17H25N3S. The van der Waals surface area contributed by atoms with Gasteiger partial charge in [-0.15, -0.1) is 0 Å². The highest BCUT2D eigenvalue weighted by atomic mass is 32.1. The summed E-state index contributed by atoms with van der Waals surface area (Å²) >= 11 is 1.77. The first kappa shape index (κ1) is 16.0. The number of nitrogens with one attached hydrogen (secondary N) is 1. The Hall–Kier alpha value is -1.39. The average Bonchev–Trinajstić information content (AvgIpc) is 2.82. The van der Waals surface area contributed by atoms with Gasteiger partial charge in [0.05, 0.1) is 5.69 Å². The van der Waals surface area contributed by atoms with E-state index in [1.54, 1.807) is 11.3 Å². The minimum atomic E-state index is 0.0639. The Morgan fingerprint density at radius 1 is 1.29 bits per heavy atom. The molecule has 2 rings (SSSR count). The minimum Gasteiger partial charge on any atom is -0.321 e. The maximum atomic E-state index is 4.91. The van der Waals surface area contributed by atoms with Gasteiger partial charge >= 0.3 is 0 Å². The Kier molecular flexibility index (Phi) is 4.69. The van der Waals surface area contributed by atoms with Crippen molar-refractivity contribution in [2.75, 3.05) is 19.0 Å². The second-order valence-electron chi connectivity index (χ2n) is 6.45. The van der Waals surface area contributed by atoms with Gasteiger partial charge in [0.1, 0.15) is 0 Å². The van der Waals surface area contributed by atoms with Gasteiger partial charge in [0.25, 0.3) is 0 Å². The Morgan fingerprint density at radius 2 is 2.00 bits per heavy atom. The quantitative estimate of drug-likeness (QED) is 0.916. The highest BCUT2D eigenvalue weighted by molar-refractivity contribution is 7.15. The SMILES string of the molecule is CNCc1sc(N(C)c2cccc(C)c2)nc1C(C)(C)C. The summed E-state index contributed by atoms with van der Waals surface area (Å²) in [6.07, 6.45) is 0. The molecule has 114 valence electrons. The molecule has 0 aliphatic carbocycles. The van der Waals surface area contributed by atoms with E-state index >= 15 is 0 Å². The van der Waals surface area contributed by atoms with Gasteiger partial charge in [-0.2, -0.15) is 0 Å². The van der Waals surface area contributed by atoms with Crippen molar-refractivity contribution in [3.8, 4) is 0 Å². The Labute approximate surface area is 132 Å². The molecule has 2 aromatic rings. The summed E-state index contributed by atoms with van der Waals surface area (Å²) < 4.78 is 0. The number of hydrogen-bond acceptors (Lipinski definition) is 4. The van der Waals surface area contributed by atoms with E-state index in [4.69, 9.17) is 4.98 Å². The van der Waals surface area contributed by atoms with Crippen LogP contribution in [0, 0.1) is 6.92 Å². The molecule has 0 aliphatic heterocycles. The number of anilines is 2. The number of rotatable bonds is 4. The number of hydrogen-bond donors (Lipinski definition) is 1. The average molecular weight is 303 g/mol. The van der Waals surface area contributed by atoms with Crippen molar-refractivity contribution < 1.29 is 0 Å². The van der Waals surface area contributed by atoms with Crippen molar-refractivity contribution in [3.05, 3.63) is 40.4 Å². The van der Waals surface area contributed by atoms with Crippen molar-refractivity contribution in [3.63, 3.8) is 0 Å². The van der Waals surface area contributed by atoms with Crippen LogP contribution in [0.5, 0.6) is 0 Å². The third-order valence-corrected chi connectivity index (χ3v) is 4.54. The van der Waals surface area contributed by atoms with Crippen LogP contribution in [0.1, 0.15) is 36.9 Å². The van der Waals surface area contributed by atoms with Gasteiger partial charge in [0, 0.05) is 29.6 Å². The molecule has 0 fully saturated rings. The van der Waals surface area contributed by atoms with E-state index in [-0.39, 0.29) is 5.41 Å². The van der Waals surface area contributed by atoms with Crippen molar-refractivity contribution in [2.24, 2.45) is 0 Å². The molecule has 1 aromatic heterocycles. The van der Waals surface area contributed by atoms with Gasteiger partial charge < -0.3 is 10.2 Å². The van der Waals surface area contributed by atoms with Crippen LogP contribution in [-0.2, 0) is 12.0 Å². The number of thiazole rings is 1. The van der Waals surface area contributed by atoms with Crippen molar-refractivity contribution in [1.82, 2.24) is 10.3 Å². The van der Waals surface area contributed by atoms with E-state index in [1.165, 1.54) is 21.8 Å². The molecule has 0 saturated heterocycles. The lowest BCUT2D eigenvalue weighted by molar-refractivity contribution is 0.563. The summed E-state index contributed by atoms with van der Waals surface area (Å²) in [6.45, 7) is 9.64. The monoisotopic (exact) mass is 303 g/mol. The molecular weight excluding hydrogens is 278 g/mol. The Balaban J connectivity index is 2.40. The highest BCUT2D eigenvalue weighted by Gasteiger charge is 2.24. The number of nitrogens with zero attached hydrogens (tertiary/aromatic N) is 2. The number of aromatic nitrogens is 1. The van der Waals surface area contributed by atoms with Gasteiger partial charge in [0.15, 0.2) is 5.13 Å². The summed E-state index contributed by atoms with van der Waals surface area (Å²) in [6, 6.07) is 8.53. The minimum absolute atomic E-state index is 0.0639. The van der Waals surface area contributed by atoms with Crippen LogP contribution in [0.4, 0.5) is 10.8 Å². The standard InChI is InChI=1S/C17H25N3S/c1-12-8-7-9-13(10-12)20(6)16-19-15(17(2,3)4)14(21-16)11-18-5/h7-10,18H,11H2,1-6H3. The molecule has 21 heavy (non-hydrogen) atoms. The van der Waals surface area contributed by atoms with Gasteiger partial charge in [-0.05, 0) is 31.7 Å². The molecule has 0 unspecified atom stereocenters. The lowest BCUT2D eigenvalue weighted by atomic mass is 9.91. The van der Waals surface area contributed by atoms with Crippen LogP contribution < -0.4 is 10.2 Å². The first-order valence-electron chi connectivity index (χ1n) is 7.28. The molecule has 0 amide bonds. The summed E-state index contributed by atoms with van der Waals surface area (Å²) in [7, 11) is 4.07. The summed E-state index contributed by atoms with van der Waals surface area (Å²) in [5.74, 6) is 0. The van der Waals surface area contributed by atoms with E-state index in [9.17, 15) is 0 Å². The molecule has 0 radical (unpaired) electrons. The molecule has 0 bridgehead atoms. The fourth-order valence-electron chi connectivity index (χ4n) is 2.30. The molecule has 0 spiro atoms. The third-order valence-electron chi connectivity index (χ3n) is 3.41. The Bertz CT molecular complexity index is 611. The largest absolute Gasteiger partial charge is 0.321 e. The van der Waals surface area contributed by atoms with Crippen LogP contribution in [0.2, 0.25) is 0 Å². The molecule has 0 aliphatic rings. The molecule has 4 heteroatoms. The summed E-state index contributed by atoms with van der Waals surface area (Å²) in [4.78, 5) is 8.40. The fraction of sp³-hybridized carbons (Fsp3) is 0.471. The van der Waals surface area contributed by atoms with Crippen molar-refractivity contribution in [2.45, 2.75) is 39.7 Å². The topological polar surface area (TPSA) is 28.2 Å². The van der Waals surface area contributed by atoms with Gasteiger partial charge in [-0.3, -0.25) is 0 Å². The van der Waals surface area contributed by atoms with Crippen LogP contribution in [0.3, 0.4) is 0 Å². The van der Waals surface area contributed by atoms with Gasteiger partial charge in [-0.25, -0.2) is 4.98 Å². The van der Waals surface area contributed by atoms with E-state index in [0.29, 0.717) is 0 Å². The molecule has 1 aromatic carbocycles. The smallest absolute Gasteiger partial charge is 0.190 e. The van der Waals surface area contributed by atoms with Crippen molar-refractivity contribution >= 4 is 22.2 Å². The third kappa shape index (κ3) is 3.63. The van der Waals surface area contributed by atoms with E-state index in [2.05, 4.69) is 69.2 Å². The van der Waals surface area contributed by atoms with E-state index in [1.807, 2.05) is 7.05 Å². The molecule has 3 nitrogen and oxygen atoms in total. The maximum absolute atomic E-state index is 4.91. The first-order valence-corrected chi connectivity index (χ1v) is 8.09. The van der Waals surface area contributed by atoms with Crippen LogP contribution in [0.25, 0.3) is 0 Å². The summed E-state index contributed by atoms with van der Waals surface area (Å²) in [5.41, 5.74) is 3.70. The van der Waals surface area contributed by atoms with Gasteiger partial charge in [-0.1, -0.05) is 44.2 Å². The first-order chi connectivity index (χ1) is 9.82. The van der Waals surface area contributed by atoms with E-state index < -0.39 is 0 Å². The second kappa shape index (κ2) is 6.16. The zero-order chi connectivity index (χ0) is 15.6. The zero-order valence-electron chi connectivity index (χ0n) is 13.8. The zero-order valence-corrected chi connectivity index (χ0v) is 14.6. The second-order valence-corrected chi connectivity index (χ2v) is 7.51. The van der Waals surface area contributed by atoms with Crippen LogP contribution in [0.15, 0.2) is 24.3 Å². The normalized spacial score (nSPS) is 11.7. The predicted octanol–water partition coefficient (Wildman–Crippen LogP) is 4.24. The molecule has 1 N–H and O–H groups in total. The lowest BCUT2D eigenvalue weighted by Crippen LogP contribution is -2.17. The number of benzene rings is 1. The Morgan fingerprint density at radius 3 is 2.57 bits per heavy atom. The van der Waals surface area contributed by atoms with Gasteiger partial charge in [0.2, 0.25) is 0 Å². The number of aryl methyl sites for hydroxylation is 1. The molecule has 0 atom stereocenters. The highest BCUT2D eigenvalue weighted by Crippen LogP contribution is 2.36. The molecule has 1 heterocycles. The van der Waals surface area contributed by atoms with Crippen LogP contribution in [-0.4, -0.2) is 19.1 Å². The lowest BCUT2D eigenvalue weighted by Gasteiger charge is -2.18. The van der Waals surface area contributed by atoms with E-state index in [0.717, 1.165) is 11.7 Å². The van der Waals surface area contributed by atoms with Crippen LogP contribution >= 0.6 is 11.3 Å². The van der Waals surface area contributed by atoms with Crippen molar-refractivity contribution in [1.29, 1.82) is 0 Å². The molecule has 0 saturated carbocycles. The maximum Gasteiger partial charge on any atom is 0.190 e. The summed E-state index contributed by atoms with van der Waals surface area (Å²) in [5, 5.41) is 4.30. The fourth-order valence-corrected chi connectivity index (χ4v) is 3.56. The predicted molar refractivity (Wildman–Crippen MR) is 92.8 cm³/mol.